The van der Waals surface area contributed by atoms with Crippen LogP contribution in [0, 0.1) is 11.8 Å². The molecule has 1 nitrogen and oxygen atoms in total. The molecule has 1 aromatic carbocycles. The monoisotopic (exact) mass is 315 g/mol. The van der Waals surface area contributed by atoms with Crippen molar-refractivity contribution in [3.05, 3.63) is 27.7 Å². The molecular weight excluding hydrogens is 298 g/mol. The summed E-state index contributed by atoms with van der Waals surface area (Å²) in [5.74, 6) is 1.44. The van der Waals surface area contributed by atoms with Gasteiger partial charge < -0.3 is 5.32 Å². The van der Waals surface area contributed by atoms with Crippen LogP contribution in [0.5, 0.6) is 0 Å². The van der Waals surface area contributed by atoms with E-state index in [2.05, 4.69) is 41.2 Å². The summed E-state index contributed by atoms with van der Waals surface area (Å²) in [6.07, 6.45) is 3.99. The topological polar surface area (TPSA) is 12.0 Å². The van der Waals surface area contributed by atoms with E-state index in [0.717, 1.165) is 27.0 Å². The zero-order valence-electron chi connectivity index (χ0n) is 10.3. The summed E-state index contributed by atoms with van der Waals surface area (Å²) < 4.78 is 1.03. The highest BCUT2D eigenvalue weighted by atomic mass is 79.9. The van der Waals surface area contributed by atoms with Crippen molar-refractivity contribution in [2.24, 2.45) is 11.8 Å². The Bertz CT molecular complexity index is 384. The van der Waals surface area contributed by atoms with Gasteiger partial charge in [-0.3, -0.25) is 0 Å². The van der Waals surface area contributed by atoms with Crippen LogP contribution < -0.4 is 5.32 Å². The lowest BCUT2D eigenvalue weighted by atomic mass is 9.78. The highest BCUT2D eigenvalue weighted by Gasteiger charge is 2.27. The van der Waals surface area contributed by atoms with Gasteiger partial charge in [0.25, 0.3) is 0 Å². The third-order valence-corrected chi connectivity index (χ3v) is 4.60. The fraction of sp³-hybridized carbons (Fsp3) is 0.571. The van der Waals surface area contributed by atoms with Crippen LogP contribution in [0.2, 0.25) is 5.02 Å². The van der Waals surface area contributed by atoms with Gasteiger partial charge in [0.1, 0.15) is 0 Å². The van der Waals surface area contributed by atoms with Crippen LogP contribution in [-0.4, -0.2) is 6.04 Å². The number of benzene rings is 1. The number of hydrogen-bond donors (Lipinski definition) is 1. The summed E-state index contributed by atoms with van der Waals surface area (Å²) in [6.45, 7) is 4.67. The van der Waals surface area contributed by atoms with Gasteiger partial charge in [0.15, 0.2) is 0 Å². The van der Waals surface area contributed by atoms with Crippen molar-refractivity contribution in [1.29, 1.82) is 0 Å². The molecule has 1 N–H and O–H groups in total. The first kappa shape index (κ1) is 13.2. The van der Waals surface area contributed by atoms with E-state index in [4.69, 9.17) is 11.6 Å². The van der Waals surface area contributed by atoms with Gasteiger partial charge in [-0.2, -0.15) is 0 Å². The molecule has 1 saturated carbocycles. The highest BCUT2D eigenvalue weighted by Crippen LogP contribution is 2.34. The molecule has 2 unspecified atom stereocenters. The van der Waals surface area contributed by atoms with Gasteiger partial charge in [0.05, 0.1) is 10.7 Å². The number of rotatable bonds is 2. The molecular formula is C14H19BrClN. The minimum Gasteiger partial charge on any atom is -0.381 e. The molecule has 0 amide bonds. The molecule has 1 aliphatic rings. The molecule has 1 fully saturated rings. The van der Waals surface area contributed by atoms with E-state index in [-0.39, 0.29) is 0 Å². The number of hydrogen-bond acceptors (Lipinski definition) is 1. The first-order valence-corrected chi connectivity index (χ1v) is 7.46. The van der Waals surface area contributed by atoms with Gasteiger partial charge in [-0.15, -0.1) is 0 Å². The Morgan fingerprint density at radius 1 is 1.24 bits per heavy atom. The summed E-state index contributed by atoms with van der Waals surface area (Å²) in [5.41, 5.74) is 1.06. The second kappa shape index (κ2) is 5.62. The lowest BCUT2D eigenvalue weighted by Gasteiger charge is -2.36. The third-order valence-electron chi connectivity index (χ3n) is 3.80. The van der Waals surface area contributed by atoms with Crippen LogP contribution >= 0.6 is 27.5 Å². The molecule has 0 spiro atoms. The van der Waals surface area contributed by atoms with Crippen molar-refractivity contribution >= 4 is 33.2 Å². The van der Waals surface area contributed by atoms with Crippen LogP contribution in [0.15, 0.2) is 22.7 Å². The average molecular weight is 317 g/mol. The standard InChI is InChI=1S/C14H19BrClN/c1-9-4-3-5-10(2)14(9)17-13-7-6-11(15)8-12(13)16/h6-10,14,17H,3-5H2,1-2H3. The Hall–Kier alpha value is -0.210. The maximum atomic E-state index is 6.25. The van der Waals surface area contributed by atoms with E-state index in [1.54, 1.807) is 0 Å². The molecule has 0 heterocycles. The van der Waals surface area contributed by atoms with Crippen LogP contribution in [0.25, 0.3) is 0 Å². The Morgan fingerprint density at radius 3 is 2.47 bits per heavy atom. The second-order valence-electron chi connectivity index (χ2n) is 5.18. The van der Waals surface area contributed by atoms with Crippen molar-refractivity contribution in [1.82, 2.24) is 0 Å². The molecule has 2 rings (SSSR count). The molecule has 0 aliphatic heterocycles. The summed E-state index contributed by atoms with van der Waals surface area (Å²) in [7, 11) is 0. The zero-order chi connectivity index (χ0) is 12.4. The second-order valence-corrected chi connectivity index (χ2v) is 6.50. The summed E-state index contributed by atoms with van der Waals surface area (Å²) in [5, 5.41) is 4.42. The average Bonchev–Trinajstić information content (AvgIpc) is 2.26. The van der Waals surface area contributed by atoms with Crippen molar-refractivity contribution in [2.75, 3.05) is 5.32 Å². The van der Waals surface area contributed by atoms with Crippen LogP contribution in [-0.2, 0) is 0 Å². The Kier molecular flexibility index (Phi) is 4.37. The first-order valence-electron chi connectivity index (χ1n) is 6.29. The molecule has 0 saturated heterocycles. The molecule has 2 atom stereocenters. The van der Waals surface area contributed by atoms with Gasteiger partial charge in [-0.1, -0.05) is 47.8 Å². The maximum Gasteiger partial charge on any atom is 0.0648 e. The van der Waals surface area contributed by atoms with Crippen LogP contribution in [0.4, 0.5) is 5.69 Å². The van der Waals surface area contributed by atoms with Gasteiger partial charge >= 0.3 is 0 Å². The van der Waals surface area contributed by atoms with E-state index in [1.165, 1.54) is 19.3 Å². The normalized spacial score (nSPS) is 29.1. The highest BCUT2D eigenvalue weighted by molar-refractivity contribution is 9.10. The van der Waals surface area contributed by atoms with Crippen molar-refractivity contribution in [2.45, 2.75) is 39.2 Å². The minimum atomic E-state index is 0.544. The first-order chi connectivity index (χ1) is 8.08. The molecule has 1 aliphatic carbocycles. The quantitative estimate of drug-likeness (QED) is 0.776. The van der Waals surface area contributed by atoms with E-state index in [9.17, 15) is 0 Å². The van der Waals surface area contributed by atoms with Crippen molar-refractivity contribution < 1.29 is 0 Å². The summed E-state index contributed by atoms with van der Waals surface area (Å²) in [6, 6.07) is 6.58. The van der Waals surface area contributed by atoms with E-state index in [1.807, 2.05) is 12.1 Å². The van der Waals surface area contributed by atoms with Gasteiger partial charge in [-0.05, 0) is 42.9 Å². The van der Waals surface area contributed by atoms with Gasteiger partial charge in [0, 0.05) is 10.5 Å². The lowest BCUT2D eigenvalue weighted by molar-refractivity contribution is 0.268. The molecule has 0 radical (unpaired) electrons. The fourth-order valence-electron chi connectivity index (χ4n) is 2.75. The largest absolute Gasteiger partial charge is 0.381 e. The maximum absolute atomic E-state index is 6.25. The van der Waals surface area contributed by atoms with Gasteiger partial charge in [-0.25, -0.2) is 0 Å². The van der Waals surface area contributed by atoms with Crippen molar-refractivity contribution in [3.8, 4) is 0 Å². The zero-order valence-corrected chi connectivity index (χ0v) is 12.7. The predicted octanol–water partition coefficient (Wildman–Crippen LogP) is 5.34. The van der Waals surface area contributed by atoms with Gasteiger partial charge in [0.2, 0.25) is 0 Å². The van der Waals surface area contributed by atoms with Crippen molar-refractivity contribution in [3.63, 3.8) is 0 Å². The minimum absolute atomic E-state index is 0.544. The molecule has 1 aromatic rings. The predicted molar refractivity (Wildman–Crippen MR) is 78.7 cm³/mol. The summed E-state index contributed by atoms with van der Waals surface area (Å²) >= 11 is 9.68. The molecule has 0 bridgehead atoms. The van der Waals surface area contributed by atoms with Crippen LogP contribution in [0.3, 0.4) is 0 Å². The fourth-order valence-corrected chi connectivity index (χ4v) is 3.48. The number of halogens is 2. The summed E-state index contributed by atoms with van der Waals surface area (Å²) in [4.78, 5) is 0. The number of nitrogens with one attached hydrogen (secondary N) is 1. The van der Waals surface area contributed by atoms with Crippen LogP contribution in [0.1, 0.15) is 33.1 Å². The SMILES string of the molecule is CC1CCCC(C)C1Nc1ccc(Br)cc1Cl. The smallest absolute Gasteiger partial charge is 0.0648 e. The van der Waals surface area contributed by atoms with E-state index >= 15 is 0 Å². The third kappa shape index (κ3) is 3.17. The lowest BCUT2D eigenvalue weighted by Crippen LogP contribution is -2.37. The Morgan fingerprint density at radius 2 is 1.88 bits per heavy atom. The van der Waals surface area contributed by atoms with E-state index < -0.39 is 0 Å². The Labute approximate surface area is 117 Å². The molecule has 94 valence electrons. The Balaban J connectivity index is 2.13. The molecule has 0 aromatic heterocycles. The number of anilines is 1. The molecule has 3 heteroatoms. The van der Waals surface area contributed by atoms with E-state index in [0.29, 0.717) is 6.04 Å². The molecule has 17 heavy (non-hydrogen) atoms.